The Morgan fingerprint density at radius 1 is 0.271 bits per heavy atom. The van der Waals surface area contributed by atoms with E-state index >= 15 is 0 Å². The topological polar surface area (TPSA) is 13.1 Å². The number of anilines is 3. The largest absolute Gasteiger partial charge is 0.310 e. The lowest BCUT2D eigenvalue weighted by atomic mass is 9.97. The lowest BCUT2D eigenvalue weighted by Gasteiger charge is -2.28. The van der Waals surface area contributed by atoms with Crippen molar-refractivity contribution in [3.05, 3.63) is 261 Å². The third kappa shape index (κ3) is 6.57. The molecule has 3 aromatic heterocycles. The predicted molar refractivity (Wildman–Crippen MR) is 299 cm³/mol. The van der Waals surface area contributed by atoms with Gasteiger partial charge in [0, 0.05) is 70.0 Å². The van der Waals surface area contributed by atoms with Gasteiger partial charge in [0.1, 0.15) is 0 Å². The molecule has 328 valence electrons. The second-order valence-corrected chi connectivity index (χ2v) is 19.2. The van der Waals surface area contributed by atoms with Gasteiger partial charge in [-0.3, -0.25) is 0 Å². The number of aromatic nitrogens is 2. The molecule has 0 fully saturated rings. The van der Waals surface area contributed by atoms with Gasteiger partial charge in [-0.2, -0.15) is 0 Å². The van der Waals surface area contributed by atoms with Crippen LogP contribution in [-0.4, -0.2) is 9.13 Å². The van der Waals surface area contributed by atoms with Crippen molar-refractivity contribution >= 4 is 92.2 Å². The lowest BCUT2D eigenvalue weighted by molar-refractivity contribution is 1.18. The van der Waals surface area contributed by atoms with Crippen molar-refractivity contribution in [1.29, 1.82) is 0 Å². The molecule has 0 atom stereocenters. The van der Waals surface area contributed by atoms with Gasteiger partial charge in [0.25, 0.3) is 0 Å². The second-order valence-electron chi connectivity index (χ2n) is 18.1. The quantitative estimate of drug-likeness (QED) is 0.148. The monoisotopic (exact) mass is 909 g/mol. The smallest absolute Gasteiger partial charge is 0.0561 e. The Morgan fingerprint density at radius 2 is 0.757 bits per heavy atom. The maximum Gasteiger partial charge on any atom is 0.0561 e. The average Bonchev–Trinajstić information content (AvgIpc) is 4.09. The normalized spacial score (nSPS) is 11.7. The Labute approximate surface area is 409 Å². The summed E-state index contributed by atoms with van der Waals surface area (Å²) < 4.78 is 7.44. The molecule has 0 aliphatic carbocycles. The Morgan fingerprint density at radius 3 is 1.44 bits per heavy atom. The van der Waals surface area contributed by atoms with Gasteiger partial charge in [0.05, 0.1) is 27.8 Å². The van der Waals surface area contributed by atoms with Crippen LogP contribution in [0.3, 0.4) is 0 Å². The zero-order chi connectivity index (χ0) is 46.1. The minimum atomic E-state index is 1.08. The van der Waals surface area contributed by atoms with Gasteiger partial charge in [-0.05, 0) is 113 Å². The first-order chi connectivity index (χ1) is 34.7. The minimum absolute atomic E-state index is 1.08. The van der Waals surface area contributed by atoms with Crippen LogP contribution in [0.1, 0.15) is 0 Å². The van der Waals surface area contributed by atoms with Crippen LogP contribution in [0.25, 0.3) is 109 Å². The second kappa shape index (κ2) is 16.4. The van der Waals surface area contributed by atoms with Gasteiger partial charge in [0.2, 0.25) is 0 Å². The molecule has 11 aromatic carbocycles. The molecule has 0 saturated carbocycles. The molecule has 0 aliphatic heterocycles. The molecule has 0 saturated heterocycles. The van der Waals surface area contributed by atoms with E-state index in [1.165, 1.54) is 75.0 Å². The van der Waals surface area contributed by atoms with Crippen molar-refractivity contribution in [1.82, 2.24) is 9.13 Å². The molecule has 14 rings (SSSR count). The zero-order valence-electron chi connectivity index (χ0n) is 38.1. The van der Waals surface area contributed by atoms with Gasteiger partial charge < -0.3 is 14.0 Å². The molecule has 3 nitrogen and oxygen atoms in total. The van der Waals surface area contributed by atoms with Crippen LogP contribution in [0, 0.1) is 0 Å². The van der Waals surface area contributed by atoms with Crippen molar-refractivity contribution in [2.24, 2.45) is 0 Å². The fourth-order valence-electron chi connectivity index (χ4n) is 10.9. The van der Waals surface area contributed by atoms with Gasteiger partial charge in [-0.1, -0.05) is 176 Å². The van der Waals surface area contributed by atoms with E-state index in [4.69, 9.17) is 0 Å². The number of benzene rings is 11. The summed E-state index contributed by atoms with van der Waals surface area (Å²) in [5.74, 6) is 0. The van der Waals surface area contributed by atoms with Crippen LogP contribution >= 0.6 is 11.3 Å². The molecular formula is C66H43N3S. The number of thiophene rings is 1. The van der Waals surface area contributed by atoms with Crippen molar-refractivity contribution in [3.63, 3.8) is 0 Å². The van der Waals surface area contributed by atoms with Crippen molar-refractivity contribution in [2.45, 2.75) is 0 Å². The van der Waals surface area contributed by atoms with Crippen LogP contribution in [0.15, 0.2) is 261 Å². The van der Waals surface area contributed by atoms with Crippen molar-refractivity contribution < 1.29 is 0 Å². The van der Waals surface area contributed by atoms with Crippen LogP contribution in [0.2, 0.25) is 0 Å². The van der Waals surface area contributed by atoms with E-state index < -0.39 is 0 Å². The first kappa shape index (κ1) is 40.1. The Hall–Kier alpha value is -8.96. The third-order valence-electron chi connectivity index (χ3n) is 14.1. The van der Waals surface area contributed by atoms with Crippen LogP contribution in [0.4, 0.5) is 17.1 Å². The molecule has 0 aliphatic rings. The molecule has 0 N–H and O–H groups in total. The van der Waals surface area contributed by atoms with Gasteiger partial charge in [-0.25, -0.2) is 0 Å². The molecule has 0 unspecified atom stereocenters. The van der Waals surface area contributed by atoms with Crippen LogP contribution < -0.4 is 4.90 Å². The summed E-state index contributed by atoms with van der Waals surface area (Å²) in [5, 5.41) is 7.48. The molecular weight excluding hydrogens is 867 g/mol. The fourth-order valence-corrected chi connectivity index (χ4v) is 12.0. The molecule has 70 heavy (non-hydrogen) atoms. The maximum atomic E-state index is 2.47. The summed E-state index contributed by atoms with van der Waals surface area (Å²) >= 11 is 1.86. The van der Waals surface area contributed by atoms with E-state index in [9.17, 15) is 0 Å². The third-order valence-corrected chi connectivity index (χ3v) is 15.2. The molecule has 0 amide bonds. The Balaban J connectivity index is 1.00. The SMILES string of the molecule is c1ccc(-c2cc(-c3ccccc3)cc(-n3c4ccccc4c4ccc(-c5ccccc5N(c5ccc6c(c5)sc5ccccc56)c5ccc6c7ccccc7n(-c7ccccc7)c6c5)cc43)c2)cc1. The highest BCUT2D eigenvalue weighted by Gasteiger charge is 2.23. The van der Waals surface area contributed by atoms with Gasteiger partial charge in [-0.15, -0.1) is 11.3 Å². The van der Waals surface area contributed by atoms with E-state index in [-0.39, 0.29) is 0 Å². The zero-order valence-corrected chi connectivity index (χ0v) is 38.9. The molecule has 4 heteroatoms. The van der Waals surface area contributed by atoms with Gasteiger partial charge >= 0.3 is 0 Å². The highest BCUT2D eigenvalue weighted by molar-refractivity contribution is 7.25. The molecule has 3 heterocycles. The summed E-state index contributed by atoms with van der Waals surface area (Å²) in [6, 6.07) is 95.7. The number of hydrogen-bond acceptors (Lipinski definition) is 2. The lowest BCUT2D eigenvalue weighted by Crippen LogP contribution is -2.11. The minimum Gasteiger partial charge on any atom is -0.310 e. The summed E-state index contributed by atoms with van der Waals surface area (Å²) in [7, 11) is 0. The summed E-state index contributed by atoms with van der Waals surface area (Å²) in [4.78, 5) is 2.47. The fraction of sp³-hybridized carbons (Fsp3) is 0. The Bertz CT molecular complexity index is 4240. The van der Waals surface area contributed by atoms with E-state index in [0.29, 0.717) is 0 Å². The molecule has 14 aromatic rings. The molecule has 0 bridgehead atoms. The number of hydrogen-bond donors (Lipinski definition) is 0. The van der Waals surface area contributed by atoms with E-state index in [2.05, 4.69) is 275 Å². The maximum absolute atomic E-state index is 2.47. The average molecular weight is 910 g/mol. The first-order valence-corrected chi connectivity index (χ1v) is 24.7. The van der Waals surface area contributed by atoms with Crippen LogP contribution in [-0.2, 0) is 0 Å². The first-order valence-electron chi connectivity index (χ1n) is 23.9. The number of fused-ring (bicyclic) bond motifs is 9. The van der Waals surface area contributed by atoms with Gasteiger partial charge in [0.15, 0.2) is 0 Å². The number of nitrogens with zero attached hydrogens (tertiary/aromatic N) is 3. The molecule has 0 radical (unpaired) electrons. The standard InChI is InChI=1S/C66H43N3S/c1-4-18-44(19-5-1)47-38-48(45-20-6-2-7-21-45)40-52(39-47)69-62-30-16-12-25-54(62)56-35-32-46(41-63(56)69)53-24-10-14-28-60(53)67(51-34-37-59-58-27-13-17-31-65(58)70-66(59)43-51)50-33-36-57-55-26-11-15-29-61(55)68(64(57)42-50)49-22-8-3-9-23-49/h1-43H. The van der Waals surface area contributed by atoms with E-state index in [1.807, 2.05) is 11.3 Å². The van der Waals surface area contributed by atoms with Crippen LogP contribution in [0.5, 0.6) is 0 Å². The number of para-hydroxylation sites is 4. The summed E-state index contributed by atoms with van der Waals surface area (Å²) in [6.45, 7) is 0. The number of rotatable bonds is 8. The Kier molecular flexibility index (Phi) is 9.39. The highest BCUT2D eigenvalue weighted by Crippen LogP contribution is 2.47. The summed E-state index contributed by atoms with van der Waals surface area (Å²) in [6.07, 6.45) is 0. The summed E-state index contributed by atoms with van der Waals surface area (Å²) in [5.41, 5.74) is 17.3. The predicted octanol–water partition coefficient (Wildman–Crippen LogP) is 18.7. The van der Waals surface area contributed by atoms with Crippen molar-refractivity contribution in [3.8, 4) is 44.8 Å². The molecule has 0 spiro atoms. The highest BCUT2D eigenvalue weighted by atomic mass is 32.1. The van der Waals surface area contributed by atoms with Crippen molar-refractivity contribution in [2.75, 3.05) is 4.90 Å². The van der Waals surface area contributed by atoms with E-state index in [0.717, 1.165) is 50.6 Å². The van der Waals surface area contributed by atoms with E-state index in [1.54, 1.807) is 0 Å².